The van der Waals surface area contributed by atoms with E-state index in [9.17, 15) is 4.79 Å². The van der Waals surface area contributed by atoms with Crippen LogP contribution < -0.4 is 10.1 Å². The normalized spacial score (nSPS) is 12.0. The molecule has 0 saturated heterocycles. The first kappa shape index (κ1) is 18.7. The molecular formula is C20H24N4O3. The molecule has 0 fully saturated rings. The number of hydrogen-bond acceptors (Lipinski definition) is 5. The van der Waals surface area contributed by atoms with E-state index in [1.165, 1.54) is 0 Å². The van der Waals surface area contributed by atoms with Crippen LogP contribution in [0.5, 0.6) is 5.75 Å². The fraction of sp³-hybridized carbons (Fsp3) is 0.350. The number of rotatable bonds is 6. The summed E-state index contributed by atoms with van der Waals surface area (Å²) in [6, 6.07) is 7.54. The van der Waals surface area contributed by atoms with Gasteiger partial charge in [-0.15, -0.1) is 0 Å². The summed E-state index contributed by atoms with van der Waals surface area (Å²) >= 11 is 0. The molecule has 0 spiro atoms. The number of carbonyl (C=O) groups is 1. The Balaban J connectivity index is 1.72. The van der Waals surface area contributed by atoms with Gasteiger partial charge >= 0.3 is 0 Å². The maximum atomic E-state index is 12.7. The zero-order chi connectivity index (χ0) is 19.6. The third-order valence-corrected chi connectivity index (χ3v) is 4.69. The van der Waals surface area contributed by atoms with Gasteiger partial charge in [-0.05, 0) is 39.8 Å². The molecule has 0 aliphatic carbocycles. The average molecular weight is 368 g/mol. The Kier molecular flexibility index (Phi) is 5.30. The SMILES string of the molecule is Cc1ccc(OCc2c(C(=O)NC(C)c3cnn(C)c3C)noc2C)cc1. The Morgan fingerprint density at radius 3 is 2.59 bits per heavy atom. The van der Waals surface area contributed by atoms with E-state index in [-0.39, 0.29) is 24.2 Å². The van der Waals surface area contributed by atoms with Gasteiger partial charge in [0.2, 0.25) is 0 Å². The fourth-order valence-electron chi connectivity index (χ4n) is 2.81. The molecule has 7 heteroatoms. The van der Waals surface area contributed by atoms with Crippen molar-refractivity contribution in [2.75, 3.05) is 0 Å². The first-order chi connectivity index (χ1) is 12.9. The summed E-state index contributed by atoms with van der Waals surface area (Å²) in [7, 11) is 1.87. The highest BCUT2D eigenvalue weighted by Gasteiger charge is 2.23. The van der Waals surface area contributed by atoms with E-state index in [1.54, 1.807) is 17.8 Å². The third kappa shape index (κ3) is 4.02. The molecule has 7 nitrogen and oxygen atoms in total. The molecule has 2 heterocycles. The summed E-state index contributed by atoms with van der Waals surface area (Å²) in [5, 5.41) is 11.1. The molecular weight excluding hydrogens is 344 g/mol. The molecule has 1 atom stereocenters. The highest BCUT2D eigenvalue weighted by atomic mass is 16.5. The zero-order valence-corrected chi connectivity index (χ0v) is 16.2. The van der Waals surface area contributed by atoms with E-state index in [0.29, 0.717) is 11.3 Å². The lowest BCUT2D eigenvalue weighted by molar-refractivity contribution is 0.0928. The Hall–Kier alpha value is -3.09. The largest absolute Gasteiger partial charge is 0.489 e. The van der Waals surface area contributed by atoms with Gasteiger partial charge in [0, 0.05) is 18.3 Å². The van der Waals surface area contributed by atoms with Crippen molar-refractivity contribution in [3.05, 3.63) is 64.3 Å². The molecule has 142 valence electrons. The number of aryl methyl sites for hydroxylation is 3. The number of amides is 1. The number of benzene rings is 1. The van der Waals surface area contributed by atoms with E-state index in [0.717, 1.165) is 22.6 Å². The van der Waals surface area contributed by atoms with Crippen molar-refractivity contribution in [3.8, 4) is 5.75 Å². The van der Waals surface area contributed by atoms with Crippen molar-refractivity contribution in [1.82, 2.24) is 20.3 Å². The highest BCUT2D eigenvalue weighted by Crippen LogP contribution is 2.20. The molecule has 3 rings (SSSR count). The van der Waals surface area contributed by atoms with Crippen molar-refractivity contribution in [3.63, 3.8) is 0 Å². The first-order valence-corrected chi connectivity index (χ1v) is 8.80. The van der Waals surface area contributed by atoms with Crippen LogP contribution in [-0.4, -0.2) is 20.8 Å². The lowest BCUT2D eigenvalue weighted by atomic mass is 10.1. The maximum absolute atomic E-state index is 12.7. The van der Waals surface area contributed by atoms with Crippen LogP contribution in [0.4, 0.5) is 0 Å². The second kappa shape index (κ2) is 7.65. The van der Waals surface area contributed by atoms with Crippen LogP contribution in [0, 0.1) is 20.8 Å². The number of ether oxygens (including phenoxy) is 1. The van der Waals surface area contributed by atoms with Crippen LogP contribution >= 0.6 is 0 Å². The Labute approximate surface area is 158 Å². The van der Waals surface area contributed by atoms with Crippen molar-refractivity contribution in [2.45, 2.75) is 40.3 Å². The van der Waals surface area contributed by atoms with E-state index in [2.05, 4.69) is 15.6 Å². The Bertz CT molecular complexity index is 941. The van der Waals surface area contributed by atoms with Crippen LogP contribution in [0.2, 0.25) is 0 Å². The summed E-state index contributed by atoms with van der Waals surface area (Å²) in [5.74, 6) is 0.995. The molecule has 0 aliphatic rings. The summed E-state index contributed by atoms with van der Waals surface area (Å²) in [4.78, 5) is 12.7. The van der Waals surface area contributed by atoms with E-state index in [1.807, 2.05) is 52.1 Å². The Morgan fingerprint density at radius 2 is 1.96 bits per heavy atom. The quantitative estimate of drug-likeness (QED) is 0.721. The lowest BCUT2D eigenvalue weighted by Crippen LogP contribution is -2.28. The molecule has 0 bridgehead atoms. The predicted molar refractivity (Wildman–Crippen MR) is 101 cm³/mol. The minimum atomic E-state index is -0.301. The molecule has 1 unspecified atom stereocenters. The summed E-state index contributed by atoms with van der Waals surface area (Å²) in [5.41, 5.74) is 4.00. The highest BCUT2D eigenvalue weighted by molar-refractivity contribution is 5.94. The molecule has 2 aromatic heterocycles. The topological polar surface area (TPSA) is 82.2 Å². The summed E-state index contributed by atoms with van der Waals surface area (Å²) in [6.45, 7) is 7.87. The molecule has 0 radical (unpaired) electrons. The zero-order valence-electron chi connectivity index (χ0n) is 16.2. The molecule has 0 aliphatic heterocycles. The smallest absolute Gasteiger partial charge is 0.274 e. The van der Waals surface area contributed by atoms with Gasteiger partial charge in [0.1, 0.15) is 18.1 Å². The molecule has 1 N–H and O–H groups in total. The van der Waals surface area contributed by atoms with E-state index in [4.69, 9.17) is 9.26 Å². The average Bonchev–Trinajstić information content (AvgIpc) is 3.17. The van der Waals surface area contributed by atoms with Crippen molar-refractivity contribution in [1.29, 1.82) is 0 Å². The predicted octanol–water partition coefficient (Wildman–Crippen LogP) is 3.40. The lowest BCUT2D eigenvalue weighted by Gasteiger charge is -2.13. The second-order valence-electron chi connectivity index (χ2n) is 6.67. The van der Waals surface area contributed by atoms with E-state index < -0.39 is 0 Å². The standard InChI is InChI=1S/C20H24N4O3/c1-12-6-8-16(9-7-12)26-11-18-15(4)27-23-19(18)20(25)22-13(2)17-10-21-24(5)14(17)3/h6-10,13H,11H2,1-5H3,(H,22,25). The third-order valence-electron chi connectivity index (χ3n) is 4.69. The number of hydrogen-bond donors (Lipinski definition) is 1. The number of carbonyl (C=O) groups excluding carboxylic acids is 1. The maximum Gasteiger partial charge on any atom is 0.274 e. The number of aromatic nitrogens is 3. The van der Waals surface area contributed by atoms with Crippen LogP contribution in [0.3, 0.4) is 0 Å². The number of nitrogens with one attached hydrogen (secondary N) is 1. The monoisotopic (exact) mass is 368 g/mol. The van der Waals surface area contributed by atoms with Gasteiger partial charge in [0.15, 0.2) is 5.69 Å². The van der Waals surface area contributed by atoms with Gasteiger partial charge in [0.05, 0.1) is 17.8 Å². The van der Waals surface area contributed by atoms with Gasteiger partial charge in [0.25, 0.3) is 5.91 Å². The summed E-state index contributed by atoms with van der Waals surface area (Å²) in [6.07, 6.45) is 1.76. The molecule has 27 heavy (non-hydrogen) atoms. The Morgan fingerprint density at radius 1 is 1.26 bits per heavy atom. The van der Waals surface area contributed by atoms with Gasteiger partial charge < -0.3 is 14.6 Å². The first-order valence-electron chi connectivity index (χ1n) is 8.80. The minimum Gasteiger partial charge on any atom is -0.489 e. The fourth-order valence-corrected chi connectivity index (χ4v) is 2.81. The minimum absolute atomic E-state index is 0.200. The molecule has 3 aromatic rings. The molecule has 1 amide bonds. The molecule has 0 saturated carbocycles. The van der Waals surface area contributed by atoms with Crippen molar-refractivity contribution >= 4 is 5.91 Å². The van der Waals surface area contributed by atoms with E-state index >= 15 is 0 Å². The van der Waals surface area contributed by atoms with Gasteiger partial charge in [-0.2, -0.15) is 5.10 Å². The van der Waals surface area contributed by atoms with Crippen molar-refractivity contribution < 1.29 is 14.1 Å². The number of nitrogens with zero attached hydrogens (tertiary/aromatic N) is 3. The van der Waals surface area contributed by atoms with Crippen LogP contribution in [-0.2, 0) is 13.7 Å². The van der Waals surface area contributed by atoms with Crippen molar-refractivity contribution in [2.24, 2.45) is 7.05 Å². The molecule has 1 aromatic carbocycles. The summed E-state index contributed by atoms with van der Waals surface area (Å²) < 4.78 is 12.8. The van der Waals surface area contributed by atoms with Crippen LogP contribution in [0.25, 0.3) is 0 Å². The van der Waals surface area contributed by atoms with Crippen LogP contribution in [0.1, 0.15) is 51.6 Å². The second-order valence-corrected chi connectivity index (χ2v) is 6.67. The van der Waals surface area contributed by atoms with Gasteiger partial charge in [-0.25, -0.2) is 0 Å². The van der Waals surface area contributed by atoms with Crippen LogP contribution in [0.15, 0.2) is 35.0 Å². The van der Waals surface area contributed by atoms with Gasteiger partial charge in [-0.1, -0.05) is 22.9 Å². The van der Waals surface area contributed by atoms with Gasteiger partial charge in [-0.3, -0.25) is 9.48 Å².